The molecule has 5 nitrogen and oxygen atoms in total. The molecule has 3 aromatic rings. The number of ketones is 1. The zero-order chi connectivity index (χ0) is 20.0. The molecule has 1 fully saturated rings. The highest BCUT2D eigenvalue weighted by molar-refractivity contribution is 6.11. The lowest BCUT2D eigenvalue weighted by Gasteiger charge is -2.31. The number of likely N-dealkylation sites (tertiary alicyclic amines) is 1. The van der Waals surface area contributed by atoms with Crippen LogP contribution in [0.15, 0.2) is 42.5 Å². The number of hydrogen-bond donors (Lipinski definition) is 1. The monoisotopic (exact) mass is 390 g/mol. The second kappa shape index (κ2) is 7.23. The smallest absolute Gasteiger partial charge is 0.182 e. The molecule has 0 bridgehead atoms. The molecule has 0 saturated carbocycles. The molecule has 150 valence electrons. The number of ether oxygens (including phenoxy) is 2. The normalized spacial score (nSPS) is 20.1. The van der Waals surface area contributed by atoms with E-state index in [2.05, 4.69) is 22.0 Å². The van der Waals surface area contributed by atoms with Crippen molar-refractivity contribution in [3.8, 4) is 11.5 Å². The quantitative estimate of drug-likeness (QED) is 0.659. The van der Waals surface area contributed by atoms with Crippen molar-refractivity contribution in [2.75, 3.05) is 19.8 Å². The van der Waals surface area contributed by atoms with E-state index in [1.807, 2.05) is 44.2 Å². The highest BCUT2D eigenvalue weighted by Crippen LogP contribution is 2.39. The van der Waals surface area contributed by atoms with Crippen LogP contribution in [0.1, 0.15) is 47.4 Å². The SMILES string of the molecule is Cc1[nH]c2ccccc2c1C(=O)[C@H](C)N1CCC[C@@H]1c1ccc2c(c1)OCCO2. The van der Waals surface area contributed by atoms with Gasteiger partial charge in [0.15, 0.2) is 17.3 Å². The van der Waals surface area contributed by atoms with Gasteiger partial charge >= 0.3 is 0 Å². The number of para-hydroxylation sites is 1. The van der Waals surface area contributed by atoms with E-state index in [0.29, 0.717) is 13.2 Å². The Hall–Kier alpha value is -2.79. The van der Waals surface area contributed by atoms with E-state index >= 15 is 0 Å². The van der Waals surface area contributed by atoms with Crippen LogP contribution in [0.4, 0.5) is 0 Å². The lowest BCUT2D eigenvalue weighted by molar-refractivity contribution is 0.0820. The molecule has 0 spiro atoms. The predicted octanol–water partition coefficient (Wildman–Crippen LogP) is 4.66. The van der Waals surface area contributed by atoms with Crippen LogP contribution in [0.25, 0.3) is 10.9 Å². The first-order valence-corrected chi connectivity index (χ1v) is 10.4. The first-order chi connectivity index (χ1) is 14.1. The van der Waals surface area contributed by atoms with E-state index < -0.39 is 0 Å². The molecule has 0 amide bonds. The highest BCUT2D eigenvalue weighted by atomic mass is 16.6. The van der Waals surface area contributed by atoms with Crippen molar-refractivity contribution in [3.63, 3.8) is 0 Å². The van der Waals surface area contributed by atoms with Crippen LogP contribution >= 0.6 is 0 Å². The lowest BCUT2D eigenvalue weighted by atomic mass is 9.98. The third-order valence-electron chi connectivity index (χ3n) is 6.26. The van der Waals surface area contributed by atoms with Crippen molar-refractivity contribution in [1.29, 1.82) is 0 Å². The Bertz CT molecular complexity index is 1070. The number of aromatic nitrogens is 1. The molecule has 5 rings (SSSR count). The molecule has 2 atom stereocenters. The molecular weight excluding hydrogens is 364 g/mol. The molecule has 1 N–H and O–H groups in total. The fourth-order valence-electron chi connectivity index (χ4n) is 4.83. The van der Waals surface area contributed by atoms with E-state index in [1.54, 1.807) is 0 Å². The van der Waals surface area contributed by atoms with Gasteiger partial charge < -0.3 is 14.5 Å². The van der Waals surface area contributed by atoms with Gasteiger partial charge in [0, 0.05) is 28.2 Å². The number of benzene rings is 2. The number of carbonyl (C=O) groups excluding carboxylic acids is 1. The molecule has 2 aliphatic heterocycles. The number of nitrogens with one attached hydrogen (secondary N) is 1. The van der Waals surface area contributed by atoms with E-state index in [0.717, 1.165) is 53.0 Å². The Labute approximate surface area is 170 Å². The third kappa shape index (κ3) is 3.10. The van der Waals surface area contributed by atoms with Gasteiger partial charge in [0.05, 0.1) is 6.04 Å². The second-order valence-corrected chi connectivity index (χ2v) is 8.01. The standard InChI is InChI=1S/C24H26N2O3/c1-15-23(18-6-3-4-7-19(18)25-15)24(27)16(2)26-11-5-8-20(26)17-9-10-21-22(14-17)29-13-12-28-21/h3-4,6-7,9-10,14,16,20,25H,5,8,11-13H2,1-2H3/t16-,20+/m0/s1. The summed E-state index contributed by atoms with van der Waals surface area (Å²) in [5.41, 5.74) is 3.98. The fraction of sp³-hybridized carbons (Fsp3) is 0.375. The van der Waals surface area contributed by atoms with Crippen LogP contribution in [0.2, 0.25) is 0 Å². The van der Waals surface area contributed by atoms with Crippen LogP contribution in [-0.4, -0.2) is 41.5 Å². The third-order valence-corrected chi connectivity index (χ3v) is 6.26. The molecule has 0 radical (unpaired) electrons. The van der Waals surface area contributed by atoms with Crippen molar-refractivity contribution >= 4 is 16.7 Å². The van der Waals surface area contributed by atoms with Crippen LogP contribution in [0.3, 0.4) is 0 Å². The maximum atomic E-state index is 13.5. The van der Waals surface area contributed by atoms with Gasteiger partial charge in [-0.1, -0.05) is 24.3 Å². The van der Waals surface area contributed by atoms with Crippen LogP contribution in [0, 0.1) is 6.92 Å². The van der Waals surface area contributed by atoms with Gasteiger partial charge in [0.25, 0.3) is 0 Å². The number of rotatable bonds is 4. The van der Waals surface area contributed by atoms with Crippen LogP contribution in [-0.2, 0) is 0 Å². The van der Waals surface area contributed by atoms with Gasteiger partial charge in [-0.2, -0.15) is 0 Å². The molecule has 1 saturated heterocycles. The van der Waals surface area contributed by atoms with Crippen molar-refractivity contribution in [2.45, 2.75) is 38.8 Å². The summed E-state index contributed by atoms with van der Waals surface area (Å²) in [5, 5.41) is 1.01. The minimum absolute atomic E-state index is 0.185. The molecule has 5 heteroatoms. The van der Waals surface area contributed by atoms with Crippen LogP contribution in [0.5, 0.6) is 11.5 Å². The number of aromatic amines is 1. The van der Waals surface area contributed by atoms with Gasteiger partial charge in [-0.25, -0.2) is 0 Å². The number of fused-ring (bicyclic) bond motifs is 2. The topological polar surface area (TPSA) is 54.6 Å². The molecule has 0 aliphatic carbocycles. The average Bonchev–Trinajstić information content (AvgIpc) is 3.36. The minimum atomic E-state index is -0.186. The van der Waals surface area contributed by atoms with Gasteiger partial charge in [0.2, 0.25) is 0 Å². The molecule has 0 unspecified atom stereocenters. The maximum Gasteiger partial charge on any atom is 0.182 e. The molecule has 2 aliphatic rings. The number of H-pyrrole nitrogens is 1. The summed E-state index contributed by atoms with van der Waals surface area (Å²) in [6.45, 7) is 6.13. The Balaban J connectivity index is 1.45. The maximum absolute atomic E-state index is 13.5. The van der Waals surface area contributed by atoms with Crippen molar-refractivity contribution in [3.05, 3.63) is 59.3 Å². The Morgan fingerprint density at radius 1 is 1.14 bits per heavy atom. The molecule has 3 heterocycles. The molecular formula is C24H26N2O3. The predicted molar refractivity (Wildman–Crippen MR) is 113 cm³/mol. The number of nitrogens with zero attached hydrogens (tertiary/aromatic N) is 1. The van der Waals surface area contributed by atoms with Gasteiger partial charge in [-0.3, -0.25) is 9.69 Å². The number of carbonyl (C=O) groups is 1. The summed E-state index contributed by atoms with van der Waals surface area (Å²) in [5.74, 6) is 1.81. The Morgan fingerprint density at radius 2 is 1.93 bits per heavy atom. The van der Waals surface area contributed by atoms with Gasteiger partial charge in [-0.05, 0) is 57.0 Å². The summed E-state index contributed by atoms with van der Waals surface area (Å²) < 4.78 is 11.4. The van der Waals surface area contributed by atoms with Gasteiger partial charge in [0.1, 0.15) is 13.2 Å². The largest absolute Gasteiger partial charge is 0.486 e. The summed E-state index contributed by atoms with van der Waals surface area (Å²) in [6, 6.07) is 14.3. The summed E-state index contributed by atoms with van der Waals surface area (Å²) >= 11 is 0. The summed E-state index contributed by atoms with van der Waals surface area (Å²) in [6.07, 6.45) is 2.13. The van der Waals surface area contributed by atoms with E-state index in [9.17, 15) is 4.79 Å². The number of Topliss-reactive ketones (excluding diaryl/α,β-unsaturated/α-hetero) is 1. The average molecular weight is 390 g/mol. The summed E-state index contributed by atoms with van der Waals surface area (Å²) in [4.78, 5) is 19.2. The first kappa shape index (κ1) is 18.3. The fourth-order valence-corrected chi connectivity index (χ4v) is 4.83. The lowest BCUT2D eigenvalue weighted by Crippen LogP contribution is -2.38. The van der Waals surface area contributed by atoms with Crippen molar-refractivity contribution in [2.24, 2.45) is 0 Å². The highest BCUT2D eigenvalue weighted by Gasteiger charge is 2.35. The zero-order valence-corrected chi connectivity index (χ0v) is 16.9. The number of aryl methyl sites for hydroxylation is 1. The zero-order valence-electron chi connectivity index (χ0n) is 16.9. The molecule has 29 heavy (non-hydrogen) atoms. The van der Waals surface area contributed by atoms with Crippen molar-refractivity contribution < 1.29 is 14.3 Å². The molecule has 1 aromatic heterocycles. The summed E-state index contributed by atoms with van der Waals surface area (Å²) in [7, 11) is 0. The van der Waals surface area contributed by atoms with E-state index in [1.165, 1.54) is 5.56 Å². The number of hydrogen-bond acceptors (Lipinski definition) is 4. The van der Waals surface area contributed by atoms with E-state index in [-0.39, 0.29) is 17.9 Å². The van der Waals surface area contributed by atoms with Crippen molar-refractivity contribution in [1.82, 2.24) is 9.88 Å². The second-order valence-electron chi connectivity index (χ2n) is 8.01. The first-order valence-electron chi connectivity index (χ1n) is 10.4. The Kier molecular flexibility index (Phi) is 4.55. The van der Waals surface area contributed by atoms with Gasteiger partial charge in [-0.15, -0.1) is 0 Å². The van der Waals surface area contributed by atoms with Crippen LogP contribution < -0.4 is 9.47 Å². The Morgan fingerprint density at radius 3 is 2.79 bits per heavy atom. The van der Waals surface area contributed by atoms with E-state index in [4.69, 9.17) is 9.47 Å². The molecule has 2 aromatic carbocycles. The minimum Gasteiger partial charge on any atom is -0.486 e.